The Morgan fingerprint density at radius 2 is 1.86 bits per heavy atom. The molecule has 1 amide bonds. The Hall–Kier alpha value is -1.76. The molecule has 2 fully saturated rings. The molecule has 2 aliphatic heterocycles. The molecule has 6 nitrogen and oxygen atoms in total. The molecule has 2 bridgehead atoms. The summed E-state index contributed by atoms with van der Waals surface area (Å²) in [5.74, 6) is 0.161. The molecule has 110 valence electrons. The number of carbonyl (C=O) groups excluding carboxylic acids is 1. The van der Waals surface area contributed by atoms with Crippen molar-refractivity contribution in [1.29, 1.82) is 0 Å². The summed E-state index contributed by atoms with van der Waals surface area (Å²) in [6, 6.07) is 0.951. The fourth-order valence-corrected chi connectivity index (χ4v) is 4.45. The molecule has 7 heteroatoms. The van der Waals surface area contributed by atoms with Gasteiger partial charge in [0.05, 0.1) is 29.6 Å². The Kier molecular flexibility index (Phi) is 3.02. The summed E-state index contributed by atoms with van der Waals surface area (Å²) >= 11 is 1.45. The molecule has 0 radical (unpaired) electrons. The highest BCUT2D eigenvalue weighted by Crippen LogP contribution is 2.41. The number of rotatable bonds is 2. The van der Waals surface area contributed by atoms with Crippen LogP contribution >= 0.6 is 11.3 Å². The molecule has 0 aliphatic carbocycles. The van der Waals surface area contributed by atoms with Crippen LogP contribution in [0.15, 0.2) is 17.9 Å². The number of piperidine rings is 1. The van der Waals surface area contributed by atoms with Crippen molar-refractivity contribution in [3.8, 4) is 0 Å². The molecule has 2 aromatic rings. The van der Waals surface area contributed by atoms with E-state index in [-0.39, 0.29) is 5.91 Å². The van der Waals surface area contributed by atoms with Gasteiger partial charge >= 0.3 is 0 Å². The first-order chi connectivity index (χ1) is 10.2. The van der Waals surface area contributed by atoms with Crippen molar-refractivity contribution in [3.63, 3.8) is 0 Å². The van der Waals surface area contributed by atoms with E-state index in [9.17, 15) is 4.79 Å². The molecule has 0 aromatic carbocycles. The molecule has 4 heterocycles. The average Bonchev–Trinajstić information content (AvgIpc) is 3.19. The zero-order valence-electron chi connectivity index (χ0n) is 11.8. The number of carbonyl (C=O) groups is 1. The van der Waals surface area contributed by atoms with E-state index in [4.69, 9.17) is 0 Å². The lowest BCUT2D eigenvalue weighted by Gasteiger charge is -2.38. The van der Waals surface area contributed by atoms with Crippen molar-refractivity contribution in [2.45, 2.75) is 50.7 Å². The molecule has 4 rings (SSSR count). The smallest absolute Gasteiger partial charge is 0.266 e. The summed E-state index contributed by atoms with van der Waals surface area (Å²) in [6.45, 7) is 1.91. The Morgan fingerprint density at radius 3 is 2.43 bits per heavy atom. The summed E-state index contributed by atoms with van der Waals surface area (Å²) in [6.07, 6.45) is 7.53. The summed E-state index contributed by atoms with van der Waals surface area (Å²) in [5.41, 5.74) is 2.60. The van der Waals surface area contributed by atoms with E-state index in [1.54, 1.807) is 17.9 Å². The zero-order chi connectivity index (χ0) is 14.4. The largest absolute Gasteiger partial charge is 0.332 e. The van der Waals surface area contributed by atoms with Gasteiger partial charge in [0.2, 0.25) is 0 Å². The molecule has 2 saturated heterocycles. The molecule has 21 heavy (non-hydrogen) atoms. The fourth-order valence-electron chi connectivity index (χ4n) is 3.71. The third kappa shape index (κ3) is 2.07. The number of hydrogen-bond donors (Lipinski definition) is 0. The Morgan fingerprint density at radius 1 is 1.19 bits per heavy atom. The molecule has 2 unspecified atom stereocenters. The Balaban J connectivity index is 1.57. The fraction of sp³-hybridized carbons (Fsp3) is 0.571. The quantitative estimate of drug-likeness (QED) is 0.852. The number of hydrogen-bond acceptors (Lipinski definition) is 5. The summed E-state index contributed by atoms with van der Waals surface area (Å²) < 4.78 is 0. The minimum Gasteiger partial charge on any atom is -0.332 e. The van der Waals surface area contributed by atoms with Gasteiger partial charge in [0.25, 0.3) is 5.91 Å². The van der Waals surface area contributed by atoms with E-state index in [1.165, 1.54) is 11.3 Å². The molecule has 0 N–H and O–H groups in total. The second-order valence-electron chi connectivity index (χ2n) is 5.84. The monoisotopic (exact) mass is 303 g/mol. The maximum absolute atomic E-state index is 12.8. The van der Waals surface area contributed by atoms with Gasteiger partial charge in [-0.3, -0.25) is 4.79 Å². The van der Waals surface area contributed by atoms with Crippen LogP contribution < -0.4 is 0 Å². The summed E-state index contributed by atoms with van der Waals surface area (Å²) in [4.78, 5) is 21.7. The first-order valence-electron chi connectivity index (χ1n) is 7.32. The van der Waals surface area contributed by atoms with Crippen LogP contribution in [0.2, 0.25) is 0 Å². The van der Waals surface area contributed by atoms with Gasteiger partial charge in [0.15, 0.2) is 0 Å². The third-order valence-electron chi connectivity index (χ3n) is 4.65. The molecular formula is C14H17N5OS. The van der Waals surface area contributed by atoms with Gasteiger partial charge in [-0.25, -0.2) is 4.98 Å². The van der Waals surface area contributed by atoms with Crippen LogP contribution in [0.25, 0.3) is 0 Å². The van der Waals surface area contributed by atoms with Gasteiger partial charge in [-0.1, -0.05) is 0 Å². The van der Waals surface area contributed by atoms with Crippen LogP contribution in [-0.2, 0) is 0 Å². The molecule has 0 spiro atoms. The van der Waals surface area contributed by atoms with E-state index in [2.05, 4.69) is 20.1 Å². The molecular weight excluding hydrogens is 286 g/mol. The SMILES string of the molecule is Cc1ncsc1C(=O)N1C2CCC1CC(n1nccn1)C2. The van der Waals surface area contributed by atoms with E-state index < -0.39 is 0 Å². The van der Waals surface area contributed by atoms with Gasteiger partial charge in [-0.05, 0) is 32.6 Å². The van der Waals surface area contributed by atoms with E-state index in [0.717, 1.165) is 36.3 Å². The highest BCUT2D eigenvalue weighted by Gasteiger charge is 2.44. The summed E-state index contributed by atoms with van der Waals surface area (Å²) in [5, 5.41) is 8.53. The van der Waals surface area contributed by atoms with Crippen molar-refractivity contribution in [2.24, 2.45) is 0 Å². The lowest BCUT2D eigenvalue weighted by Crippen LogP contribution is -2.47. The molecule has 2 aliphatic rings. The molecule has 2 atom stereocenters. The third-order valence-corrected chi connectivity index (χ3v) is 5.56. The van der Waals surface area contributed by atoms with Crippen LogP contribution in [-0.4, -0.2) is 42.9 Å². The zero-order valence-corrected chi connectivity index (χ0v) is 12.7. The van der Waals surface area contributed by atoms with Crippen molar-refractivity contribution >= 4 is 17.2 Å². The van der Waals surface area contributed by atoms with Crippen molar-refractivity contribution in [2.75, 3.05) is 0 Å². The minimum atomic E-state index is 0.161. The van der Waals surface area contributed by atoms with E-state index >= 15 is 0 Å². The standard InChI is InChI=1S/C14H17N5OS/c1-9-13(21-8-15-9)14(20)18-10-2-3-11(18)7-12(6-10)19-16-4-5-17-19/h4-5,8,10-12H,2-3,6-7H2,1H3. The van der Waals surface area contributed by atoms with Crippen molar-refractivity contribution < 1.29 is 4.79 Å². The number of fused-ring (bicyclic) bond motifs is 2. The number of aryl methyl sites for hydroxylation is 1. The maximum atomic E-state index is 12.8. The molecule has 0 saturated carbocycles. The number of aromatic nitrogens is 4. The normalized spacial score (nSPS) is 28.0. The van der Waals surface area contributed by atoms with E-state index in [0.29, 0.717) is 18.1 Å². The highest BCUT2D eigenvalue weighted by molar-refractivity contribution is 7.11. The van der Waals surface area contributed by atoms with Gasteiger partial charge in [-0.15, -0.1) is 11.3 Å². The lowest BCUT2D eigenvalue weighted by atomic mass is 9.97. The van der Waals surface area contributed by atoms with Crippen LogP contribution in [0.1, 0.15) is 47.1 Å². The second kappa shape index (κ2) is 4.91. The average molecular weight is 303 g/mol. The van der Waals surface area contributed by atoms with E-state index in [1.807, 2.05) is 11.7 Å². The minimum absolute atomic E-state index is 0.161. The van der Waals surface area contributed by atoms with Crippen LogP contribution in [0.5, 0.6) is 0 Å². The van der Waals surface area contributed by atoms with Gasteiger partial charge < -0.3 is 4.90 Å². The van der Waals surface area contributed by atoms with Crippen LogP contribution in [0.4, 0.5) is 0 Å². The summed E-state index contributed by atoms with van der Waals surface area (Å²) in [7, 11) is 0. The molecule has 2 aromatic heterocycles. The number of thiazole rings is 1. The van der Waals surface area contributed by atoms with Gasteiger partial charge in [0, 0.05) is 12.1 Å². The van der Waals surface area contributed by atoms with Gasteiger partial charge in [-0.2, -0.15) is 15.0 Å². The second-order valence-corrected chi connectivity index (χ2v) is 6.69. The van der Waals surface area contributed by atoms with Crippen molar-refractivity contribution in [1.82, 2.24) is 24.9 Å². The van der Waals surface area contributed by atoms with Crippen LogP contribution in [0, 0.1) is 6.92 Å². The van der Waals surface area contributed by atoms with Crippen LogP contribution in [0.3, 0.4) is 0 Å². The topological polar surface area (TPSA) is 63.9 Å². The predicted octanol–water partition coefficient (Wildman–Crippen LogP) is 2.05. The Bertz CT molecular complexity index is 638. The highest BCUT2D eigenvalue weighted by atomic mass is 32.1. The number of amides is 1. The van der Waals surface area contributed by atoms with Gasteiger partial charge in [0.1, 0.15) is 4.88 Å². The predicted molar refractivity (Wildman–Crippen MR) is 78.1 cm³/mol. The lowest BCUT2D eigenvalue weighted by molar-refractivity contribution is 0.0516. The first kappa shape index (κ1) is 12.9. The first-order valence-corrected chi connectivity index (χ1v) is 8.20. The maximum Gasteiger partial charge on any atom is 0.266 e. The number of nitrogens with zero attached hydrogens (tertiary/aromatic N) is 5. The Labute approximate surface area is 126 Å². The van der Waals surface area contributed by atoms with Crippen molar-refractivity contribution in [3.05, 3.63) is 28.5 Å².